The first-order chi connectivity index (χ1) is 10.0. The third kappa shape index (κ3) is 3.22. The molecule has 0 radical (unpaired) electrons. The Bertz CT molecular complexity index is 622. The van der Waals surface area contributed by atoms with Crippen LogP contribution in [0.15, 0.2) is 36.4 Å². The van der Waals surface area contributed by atoms with Crippen molar-refractivity contribution in [3.05, 3.63) is 53.3 Å². The monoisotopic (exact) mass is 283 g/mol. The van der Waals surface area contributed by atoms with Crippen LogP contribution in [0.1, 0.15) is 43.3 Å². The minimum atomic E-state index is -0.162. The van der Waals surface area contributed by atoms with Crippen LogP contribution in [-0.4, -0.2) is 15.8 Å². The number of rotatable bonds is 3. The molecule has 1 aromatic carbocycles. The summed E-state index contributed by atoms with van der Waals surface area (Å²) in [4.78, 5) is 0. The molecule has 2 heterocycles. The molecule has 0 amide bonds. The van der Waals surface area contributed by atoms with Gasteiger partial charge >= 0.3 is 0 Å². The summed E-state index contributed by atoms with van der Waals surface area (Å²) < 4.78 is 6.05. The van der Waals surface area contributed by atoms with Crippen molar-refractivity contribution in [3.63, 3.8) is 0 Å². The normalized spacial score (nSPS) is 19.7. The van der Waals surface area contributed by atoms with E-state index in [0.717, 1.165) is 23.6 Å². The zero-order chi connectivity index (χ0) is 14.9. The molecule has 1 N–H and O–H groups in total. The molecular formula is C17H21N3O. The molecule has 1 atom stereocenters. The predicted octanol–water partition coefficient (Wildman–Crippen LogP) is 3.18. The first-order valence-corrected chi connectivity index (χ1v) is 7.34. The summed E-state index contributed by atoms with van der Waals surface area (Å²) in [6.07, 6.45) is 0.934. The smallest absolute Gasteiger partial charge is 0.124 e. The highest BCUT2D eigenvalue weighted by Gasteiger charge is 2.33. The molecule has 21 heavy (non-hydrogen) atoms. The van der Waals surface area contributed by atoms with Crippen molar-refractivity contribution in [1.29, 1.82) is 0 Å². The van der Waals surface area contributed by atoms with Crippen molar-refractivity contribution in [2.75, 3.05) is 0 Å². The first-order valence-electron chi connectivity index (χ1n) is 7.34. The van der Waals surface area contributed by atoms with Gasteiger partial charge in [0.1, 0.15) is 11.4 Å². The largest absolute Gasteiger partial charge is 0.487 e. The Hall–Kier alpha value is -1.94. The lowest BCUT2D eigenvalue weighted by Crippen LogP contribution is -2.39. The lowest BCUT2D eigenvalue weighted by molar-refractivity contribution is 0.0656. The van der Waals surface area contributed by atoms with Gasteiger partial charge in [-0.2, -0.15) is 10.2 Å². The van der Waals surface area contributed by atoms with Crippen LogP contribution in [0.2, 0.25) is 0 Å². The molecule has 1 aliphatic rings. The average molecular weight is 283 g/mol. The van der Waals surface area contributed by atoms with Crippen molar-refractivity contribution in [2.45, 2.75) is 45.4 Å². The fourth-order valence-electron chi connectivity index (χ4n) is 2.73. The number of nitrogens with one attached hydrogen (secondary N) is 1. The molecule has 4 nitrogen and oxygen atoms in total. The average Bonchev–Trinajstić information content (AvgIpc) is 2.45. The summed E-state index contributed by atoms with van der Waals surface area (Å²) in [5.74, 6) is 0.973. The van der Waals surface area contributed by atoms with Crippen LogP contribution in [0.25, 0.3) is 0 Å². The maximum atomic E-state index is 6.05. The number of nitrogens with zero attached hydrogens (tertiary/aromatic N) is 2. The van der Waals surface area contributed by atoms with E-state index in [1.165, 1.54) is 5.56 Å². The first kappa shape index (κ1) is 14.0. The van der Waals surface area contributed by atoms with E-state index < -0.39 is 0 Å². The summed E-state index contributed by atoms with van der Waals surface area (Å²) in [6, 6.07) is 12.5. The quantitative estimate of drug-likeness (QED) is 0.940. The molecule has 3 rings (SSSR count). The molecule has 1 aliphatic heterocycles. The number of hydrogen-bond acceptors (Lipinski definition) is 4. The van der Waals surface area contributed by atoms with Gasteiger partial charge in [0.15, 0.2) is 0 Å². The number of benzene rings is 1. The van der Waals surface area contributed by atoms with Crippen LogP contribution in [0.5, 0.6) is 5.75 Å². The summed E-state index contributed by atoms with van der Waals surface area (Å²) >= 11 is 0. The summed E-state index contributed by atoms with van der Waals surface area (Å²) in [5.41, 5.74) is 2.96. The second-order valence-corrected chi connectivity index (χ2v) is 6.20. The molecule has 0 fully saturated rings. The Balaban J connectivity index is 1.77. The standard InChI is InChI=1S/C17H21N3O/c1-12-8-9-13(20-19-12)11-18-15-10-17(2,3)21-16-7-5-4-6-14(15)16/h4-9,15,18H,10-11H2,1-3H3. The van der Waals surface area contributed by atoms with Crippen molar-refractivity contribution in [2.24, 2.45) is 0 Å². The fraction of sp³-hybridized carbons (Fsp3) is 0.412. The lowest BCUT2D eigenvalue weighted by atomic mass is 9.89. The van der Waals surface area contributed by atoms with Crippen LogP contribution in [0.3, 0.4) is 0 Å². The highest BCUT2D eigenvalue weighted by molar-refractivity contribution is 5.38. The van der Waals surface area contributed by atoms with Crippen LogP contribution < -0.4 is 10.1 Å². The number of hydrogen-bond donors (Lipinski definition) is 1. The lowest BCUT2D eigenvalue weighted by Gasteiger charge is -2.38. The maximum absolute atomic E-state index is 6.05. The number of ether oxygens (including phenoxy) is 1. The van der Waals surface area contributed by atoms with Crippen LogP contribution in [0.4, 0.5) is 0 Å². The van der Waals surface area contributed by atoms with Crippen molar-refractivity contribution < 1.29 is 4.74 Å². The SMILES string of the molecule is Cc1ccc(CNC2CC(C)(C)Oc3ccccc32)nn1. The molecule has 0 saturated carbocycles. The Kier molecular flexibility index (Phi) is 3.64. The van der Waals surface area contributed by atoms with Gasteiger partial charge in [-0.3, -0.25) is 0 Å². The summed E-state index contributed by atoms with van der Waals surface area (Å²) in [7, 11) is 0. The molecule has 1 aromatic heterocycles. The van der Waals surface area contributed by atoms with Gasteiger partial charge in [-0.1, -0.05) is 18.2 Å². The number of aryl methyl sites for hydroxylation is 1. The molecule has 0 saturated heterocycles. The van der Waals surface area contributed by atoms with Crippen molar-refractivity contribution in [1.82, 2.24) is 15.5 Å². The van der Waals surface area contributed by atoms with E-state index in [0.29, 0.717) is 6.54 Å². The van der Waals surface area contributed by atoms with E-state index in [2.05, 4.69) is 41.5 Å². The number of para-hydroxylation sites is 1. The van der Waals surface area contributed by atoms with Gasteiger partial charge in [-0.25, -0.2) is 0 Å². The second kappa shape index (κ2) is 5.45. The van der Waals surface area contributed by atoms with Crippen molar-refractivity contribution >= 4 is 0 Å². The van der Waals surface area contributed by atoms with Crippen molar-refractivity contribution in [3.8, 4) is 5.75 Å². The highest BCUT2D eigenvalue weighted by Crippen LogP contribution is 2.39. The molecule has 0 bridgehead atoms. The minimum absolute atomic E-state index is 0.162. The van der Waals surface area contributed by atoms with Crippen LogP contribution in [0, 0.1) is 6.92 Å². The molecule has 110 valence electrons. The maximum Gasteiger partial charge on any atom is 0.124 e. The zero-order valence-electron chi connectivity index (χ0n) is 12.8. The zero-order valence-corrected chi connectivity index (χ0v) is 12.8. The van der Waals surface area contributed by atoms with E-state index in [-0.39, 0.29) is 11.6 Å². The third-order valence-corrected chi connectivity index (χ3v) is 3.76. The molecule has 2 aromatic rings. The number of aromatic nitrogens is 2. The molecule has 0 spiro atoms. The number of fused-ring (bicyclic) bond motifs is 1. The third-order valence-electron chi connectivity index (χ3n) is 3.76. The van der Waals surface area contributed by atoms with Gasteiger partial charge in [0.2, 0.25) is 0 Å². The molecular weight excluding hydrogens is 262 g/mol. The van der Waals surface area contributed by atoms with Gasteiger partial charge in [-0.15, -0.1) is 0 Å². The molecule has 0 aliphatic carbocycles. The predicted molar refractivity (Wildman–Crippen MR) is 82.1 cm³/mol. The van der Waals surface area contributed by atoms with Gasteiger partial charge in [0, 0.05) is 24.6 Å². The Labute approximate surface area is 125 Å². The molecule has 1 unspecified atom stereocenters. The summed E-state index contributed by atoms with van der Waals surface area (Å²) in [6.45, 7) is 6.91. The van der Waals surface area contributed by atoms with Crippen LogP contribution >= 0.6 is 0 Å². The van der Waals surface area contributed by atoms with E-state index in [4.69, 9.17) is 4.74 Å². The van der Waals surface area contributed by atoms with Gasteiger partial charge in [-0.05, 0) is 39.0 Å². The van der Waals surface area contributed by atoms with E-state index in [1.54, 1.807) is 0 Å². The Morgan fingerprint density at radius 2 is 2.00 bits per heavy atom. The molecule has 4 heteroatoms. The Morgan fingerprint density at radius 1 is 1.19 bits per heavy atom. The van der Waals surface area contributed by atoms with Gasteiger partial charge in [0.05, 0.1) is 11.4 Å². The minimum Gasteiger partial charge on any atom is -0.487 e. The van der Waals surface area contributed by atoms with Gasteiger partial charge < -0.3 is 10.1 Å². The van der Waals surface area contributed by atoms with Gasteiger partial charge in [0.25, 0.3) is 0 Å². The second-order valence-electron chi connectivity index (χ2n) is 6.20. The highest BCUT2D eigenvalue weighted by atomic mass is 16.5. The van der Waals surface area contributed by atoms with E-state index in [9.17, 15) is 0 Å². The van der Waals surface area contributed by atoms with Crippen LogP contribution in [-0.2, 0) is 6.54 Å². The summed E-state index contributed by atoms with van der Waals surface area (Å²) in [5, 5.41) is 11.9. The van der Waals surface area contributed by atoms with E-state index >= 15 is 0 Å². The Morgan fingerprint density at radius 3 is 2.76 bits per heavy atom. The topological polar surface area (TPSA) is 47.0 Å². The fourth-order valence-corrected chi connectivity index (χ4v) is 2.73. The van der Waals surface area contributed by atoms with E-state index in [1.807, 2.05) is 31.2 Å².